The predicted octanol–water partition coefficient (Wildman–Crippen LogP) is 4.14. The largest absolute Gasteiger partial charge is 0.319 e. The molecule has 0 saturated carbocycles. The van der Waals surface area contributed by atoms with Crippen molar-refractivity contribution < 1.29 is 13.2 Å². The van der Waals surface area contributed by atoms with Crippen LogP contribution in [0.25, 0.3) is 0 Å². The molecule has 0 bridgehead atoms. The number of rotatable bonds is 5. The van der Waals surface area contributed by atoms with Gasteiger partial charge in [0, 0.05) is 16.7 Å². The Balaban J connectivity index is 1.77. The Morgan fingerprint density at radius 3 is 2.17 bits per heavy atom. The van der Waals surface area contributed by atoms with E-state index in [0.717, 1.165) is 5.56 Å². The van der Waals surface area contributed by atoms with E-state index in [1.807, 2.05) is 39.8 Å². The second-order valence-electron chi connectivity index (χ2n) is 8.00. The zero-order valence-corrected chi connectivity index (χ0v) is 18.1. The van der Waals surface area contributed by atoms with Gasteiger partial charge in [-0.3, -0.25) is 9.52 Å². The van der Waals surface area contributed by atoms with Gasteiger partial charge < -0.3 is 5.32 Å². The van der Waals surface area contributed by atoms with Crippen LogP contribution in [0.15, 0.2) is 65.8 Å². The predicted molar refractivity (Wildman–Crippen MR) is 117 cm³/mol. The smallest absolute Gasteiger partial charge is 0.261 e. The van der Waals surface area contributed by atoms with E-state index in [9.17, 15) is 13.2 Å². The van der Waals surface area contributed by atoms with Gasteiger partial charge in [0.05, 0.1) is 23.0 Å². The van der Waals surface area contributed by atoms with Crippen molar-refractivity contribution in [1.29, 1.82) is 0 Å². The minimum Gasteiger partial charge on any atom is -0.319 e. The number of carbonyl (C=O) groups excluding carboxylic acids is 1. The van der Waals surface area contributed by atoms with E-state index in [1.54, 1.807) is 18.2 Å². The maximum atomic E-state index is 12.7. The maximum absolute atomic E-state index is 12.7. The average molecular weight is 425 g/mol. The molecule has 30 heavy (non-hydrogen) atoms. The summed E-state index contributed by atoms with van der Waals surface area (Å²) in [4.78, 5) is 21.1. The van der Waals surface area contributed by atoms with E-state index < -0.39 is 15.9 Å². The minimum atomic E-state index is -3.83. The monoisotopic (exact) mass is 424 g/mol. The van der Waals surface area contributed by atoms with Gasteiger partial charge in [-0.1, -0.05) is 44.5 Å². The number of hydrogen-bond acceptors (Lipinski definition) is 5. The van der Waals surface area contributed by atoms with Gasteiger partial charge in [-0.05, 0) is 37.3 Å². The van der Waals surface area contributed by atoms with Crippen LogP contribution in [0.5, 0.6) is 0 Å². The van der Waals surface area contributed by atoms with Crippen molar-refractivity contribution in [2.24, 2.45) is 0 Å². The first-order valence-electron chi connectivity index (χ1n) is 9.38. The molecular weight excluding hydrogens is 400 g/mol. The Morgan fingerprint density at radius 2 is 1.57 bits per heavy atom. The van der Waals surface area contributed by atoms with Gasteiger partial charge in [0.2, 0.25) is 0 Å². The van der Waals surface area contributed by atoms with Crippen molar-refractivity contribution in [3.05, 3.63) is 77.9 Å². The molecule has 0 aliphatic rings. The number of sulfonamides is 1. The van der Waals surface area contributed by atoms with Crippen LogP contribution in [0.2, 0.25) is 0 Å². The second kappa shape index (κ2) is 8.23. The summed E-state index contributed by atoms with van der Waals surface area (Å²) in [6.07, 6.45) is 3.07. The third-order valence-electron chi connectivity index (χ3n) is 4.29. The number of anilines is 2. The number of nitrogens with zero attached hydrogens (tertiary/aromatic N) is 2. The fourth-order valence-corrected chi connectivity index (χ4v) is 3.73. The number of nitrogens with one attached hydrogen (secondary N) is 2. The van der Waals surface area contributed by atoms with E-state index in [2.05, 4.69) is 20.0 Å². The van der Waals surface area contributed by atoms with Crippen molar-refractivity contribution in [3.63, 3.8) is 0 Å². The summed E-state index contributed by atoms with van der Waals surface area (Å²) in [6, 6.07) is 12.8. The molecule has 0 aliphatic heterocycles. The normalized spacial score (nSPS) is 11.7. The first-order chi connectivity index (χ1) is 14.0. The highest BCUT2D eigenvalue weighted by molar-refractivity contribution is 7.92. The third kappa shape index (κ3) is 5.21. The Kier molecular flexibility index (Phi) is 5.89. The molecule has 0 saturated heterocycles. The number of carbonyl (C=O) groups is 1. The summed E-state index contributed by atoms with van der Waals surface area (Å²) in [5.74, 6) is 0.213. The molecule has 0 spiro atoms. The third-order valence-corrected chi connectivity index (χ3v) is 5.67. The van der Waals surface area contributed by atoms with E-state index in [-0.39, 0.29) is 15.9 Å². The van der Waals surface area contributed by atoms with Gasteiger partial charge in [0.15, 0.2) is 0 Å². The summed E-state index contributed by atoms with van der Waals surface area (Å²) in [5.41, 5.74) is 1.92. The molecule has 0 fully saturated rings. The molecule has 7 nitrogen and oxygen atoms in total. The summed E-state index contributed by atoms with van der Waals surface area (Å²) in [6.45, 7) is 7.91. The van der Waals surface area contributed by atoms with Crippen molar-refractivity contribution >= 4 is 27.3 Å². The van der Waals surface area contributed by atoms with Crippen molar-refractivity contribution in [2.45, 2.75) is 38.0 Å². The van der Waals surface area contributed by atoms with Gasteiger partial charge in [-0.25, -0.2) is 18.4 Å². The highest BCUT2D eigenvalue weighted by atomic mass is 32.2. The van der Waals surface area contributed by atoms with Crippen LogP contribution in [0.1, 0.15) is 42.5 Å². The van der Waals surface area contributed by atoms with E-state index in [1.165, 1.54) is 30.6 Å². The summed E-state index contributed by atoms with van der Waals surface area (Å²) >= 11 is 0. The molecule has 2 aromatic carbocycles. The number of amides is 1. The standard InChI is InChI=1S/C22H24N4O3S/c1-15-8-10-17(11-9-15)26-30(28,29)19-7-5-6-16(12-19)20(27)25-18-13-23-21(24-14-18)22(2,3)4/h5-14,26H,1-4H3,(H,25,27). The van der Waals surface area contributed by atoms with Gasteiger partial charge >= 0.3 is 0 Å². The molecule has 8 heteroatoms. The highest BCUT2D eigenvalue weighted by Crippen LogP contribution is 2.20. The number of benzene rings is 2. The lowest BCUT2D eigenvalue weighted by Gasteiger charge is -2.16. The molecule has 0 atom stereocenters. The SMILES string of the molecule is Cc1ccc(NS(=O)(=O)c2cccc(C(=O)Nc3cnc(C(C)(C)C)nc3)c2)cc1. The number of hydrogen-bond donors (Lipinski definition) is 2. The molecule has 3 aromatic rings. The molecule has 2 N–H and O–H groups in total. The number of aromatic nitrogens is 2. The lowest BCUT2D eigenvalue weighted by atomic mass is 9.96. The minimum absolute atomic E-state index is 0.00458. The Labute approximate surface area is 176 Å². The van der Waals surface area contributed by atoms with Crippen LogP contribution in [-0.4, -0.2) is 24.3 Å². The first-order valence-corrected chi connectivity index (χ1v) is 10.9. The van der Waals surface area contributed by atoms with Crippen molar-refractivity contribution in [1.82, 2.24) is 9.97 Å². The van der Waals surface area contributed by atoms with Gasteiger partial charge in [-0.15, -0.1) is 0 Å². The van der Waals surface area contributed by atoms with Crippen LogP contribution in [0, 0.1) is 6.92 Å². The fourth-order valence-electron chi connectivity index (χ4n) is 2.62. The Hall–Kier alpha value is -3.26. The summed E-state index contributed by atoms with van der Waals surface area (Å²) in [5, 5.41) is 2.69. The Morgan fingerprint density at radius 1 is 0.933 bits per heavy atom. The van der Waals surface area contributed by atoms with Crippen LogP contribution < -0.4 is 10.0 Å². The van der Waals surface area contributed by atoms with E-state index in [4.69, 9.17) is 0 Å². The lowest BCUT2D eigenvalue weighted by molar-refractivity contribution is 0.102. The molecule has 0 radical (unpaired) electrons. The van der Waals surface area contributed by atoms with Crippen LogP contribution >= 0.6 is 0 Å². The van der Waals surface area contributed by atoms with E-state index in [0.29, 0.717) is 17.2 Å². The molecule has 156 valence electrons. The Bertz CT molecular complexity index is 1150. The summed E-state index contributed by atoms with van der Waals surface area (Å²) in [7, 11) is -3.83. The molecule has 1 heterocycles. The van der Waals surface area contributed by atoms with Gasteiger partial charge in [0.25, 0.3) is 15.9 Å². The quantitative estimate of drug-likeness (QED) is 0.641. The molecule has 1 aromatic heterocycles. The van der Waals surface area contributed by atoms with Crippen molar-refractivity contribution in [2.75, 3.05) is 10.0 Å². The molecule has 3 rings (SSSR count). The zero-order valence-electron chi connectivity index (χ0n) is 17.3. The van der Waals surface area contributed by atoms with E-state index >= 15 is 0 Å². The summed E-state index contributed by atoms with van der Waals surface area (Å²) < 4.78 is 27.9. The maximum Gasteiger partial charge on any atom is 0.261 e. The van der Waals surface area contributed by atoms with Gasteiger partial charge in [0.1, 0.15) is 5.82 Å². The van der Waals surface area contributed by atoms with Crippen LogP contribution in [-0.2, 0) is 15.4 Å². The number of aryl methyl sites for hydroxylation is 1. The van der Waals surface area contributed by atoms with Crippen molar-refractivity contribution in [3.8, 4) is 0 Å². The molecular formula is C22H24N4O3S. The first kappa shape index (κ1) is 21.4. The van der Waals surface area contributed by atoms with Crippen LogP contribution in [0.4, 0.5) is 11.4 Å². The molecule has 0 unspecified atom stereocenters. The lowest BCUT2D eigenvalue weighted by Crippen LogP contribution is -2.18. The zero-order chi connectivity index (χ0) is 21.9. The fraction of sp³-hybridized carbons (Fsp3) is 0.227. The van der Waals surface area contributed by atoms with Gasteiger partial charge in [-0.2, -0.15) is 0 Å². The molecule has 1 amide bonds. The highest BCUT2D eigenvalue weighted by Gasteiger charge is 2.18. The molecule has 0 aliphatic carbocycles. The second-order valence-corrected chi connectivity index (χ2v) is 9.68. The van der Waals surface area contributed by atoms with Crippen LogP contribution in [0.3, 0.4) is 0 Å². The topological polar surface area (TPSA) is 101 Å². The average Bonchev–Trinajstić information content (AvgIpc) is 2.69.